The zero-order valence-electron chi connectivity index (χ0n) is 13.7. The number of unbranched alkanes of at least 4 members (excludes halogenated alkanes) is 1. The van der Waals surface area contributed by atoms with Crippen LogP contribution in [0.5, 0.6) is 5.75 Å². The normalized spacial score (nSPS) is 10.9. The van der Waals surface area contributed by atoms with Crippen LogP contribution in [0.25, 0.3) is 0 Å². The Morgan fingerprint density at radius 3 is 2.64 bits per heavy atom. The number of hydrogen-bond acceptors (Lipinski definition) is 2. The quantitative estimate of drug-likeness (QED) is 0.319. The highest BCUT2D eigenvalue weighted by atomic mass is 16.5. The maximum Gasteiger partial charge on any atom is 0.192 e. The zero-order valence-corrected chi connectivity index (χ0v) is 13.7. The van der Waals surface area contributed by atoms with Gasteiger partial charge in [0.05, 0.1) is 13.2 Å². The van der Waals surface area contributed by atoms with Crippen molar-refractivity contribution in [1.82, 2.24) is 10.6 Å². The van der Waals surface area contributed by atoms with Crippen molar-refractivity contribution in [3.8, 4) is 18.1 Å². The minimum Gasteiger partial charge on any atom is -0.494 e. The first kappa shape index (κ1) is 17.9. The molecule has 0 spiro atoms. The second kappa shape index (κ2) is 11.5. The number of benzene rings is 1. The summed E-state index contributed by atoms with van der Waals surface area (Å²) in [6.45, 7) is 7.00. The van der Waals surface area contributed by atoms with Crippen LogP contribution in [0.15, 0.2) is 29.3 Å². The van der Waals surface area contributed by atoms with E-state index in [1.54, 1.807) is 0 Å². The molecule has 0 bridgehead atoms. The number of rotatable bonds is 9. The molecule has 0 aliphatic rings. The van der Waals surface area contributed by atoms with Gasteiger partial charge >= 0.3 is 0 Å². The van der Waals surface area contributed by atoms with Crippen LogP contribution in [-0.2, 0) is 6.42 Å². The zero-order chi connectivity index (χ0) is 16.0. The van der Waals surface area contributed by atoms with Crippen molar-refractivity contribution in [2.24, 2.45) is 4.99 Å². The van der Waals surface area contributed by atoms with E-state index in [4.69, 9.17) is 11.2 Å². The molecule has 0 aromatic heterocycles. The van der Waals surface area contributed by atoms with Crippen molar-refractivity contribution in [3.05, 3.63) is 29.8 Å². The molecule has 1 aromatic rings. The molecule has 0 saturated heterocycles. The summed E-state index contributed by atoms with van der Waals surface area (Å²) in [6, 6.07) is 8.24. The largest absolute Gasteiger partial charge is 0.494 e. The van der Waals surface area contributed by atoms with Gasteiger partial charge in [0.15, 0.2) is 5.96 Å². The van der Waals surface area contributed by atoms with Gasteiger partial charge in [-0.1, -0.05) is 31.4 Å². The predicted molar refractivity (Wildman–Crippen MR) is 93.4 cm³/mol. The van der Waals surface area contributed by atoms with E-state index in [-0.39, 0.29) is 0 Å². The number of aliphatic imine (C=N–C) groups is 1. The Hall–Kier alpha value is -2.15. The highest BCUT2D eigenvalue weighted by molar-refractivity contribution is 5.79. The van der Waals surface area contributed by atoms with Crippen molar-refractivity contribution in [2.45, 2.75) is 33.1 Å². The summed E-state index contributed by atoms with van der Waals surface area (Å²) >= 11 is 0. The molecule has 4 nitrogen and oxygen atoms in total. The summed E-state index contributed by atoms with van der Waals surface area (Å²) in [7, 11) is 0. The topological polar surface area (TPSA) is 45.7 Å². The lowest BCUT2D eigenvalue weighted by Gasteiger charge is -2.09. The summed E-state index contributed by atoms with van der Waals surface area (Å²) in [5.41, 5.74) is 1.25. The maximum atomic E-state index is 5.65. The molecule has 1 rings (SSSR count). The van der Waals surface area contributed by atoms with Gasteiger partial charge in [-0.15, -0.1) is 6.42 Å². The molecule has 0 radical (unpaired) electrons. The standard InChI is InChI=1S/C18H27N3O/c1-4-7-15-22-17-10-8-16(9-11-17)12-14-21-18(19-6-3)20-13-5-2/h2,8-11H,4,6-7,12-15H2,1,3H3,(H2,19,20,21). The van der Waals surface area contributed by atoms with Gasteiger partial charge < -0.3 is 15.4 Å². The van der Waals surface area contributed by atoms with Gasteiger partial charge in [0.25, 0.3) is 0 Å². The van der Waals surface area contributed by atoms with Gasteiger partial charge in [-0.05, 0) is 37.5 Å². The van der Waals surface area contributed by atoms with Crippen molar-refractivity contribution in [3.63, 3.8) is 0 Å². The third-order valence-electron chi connectivity index (χ3n) is 3.06. The van der Waals surface area contributed by atoms with Crippen LogP contribution in [0.2, 0.25) is 0 Å². The molecule has 1 aromatic carbocycles. The van der Waals surface area contributed by atoms with Crippen LogP contribution in [0.3, 0.4) is 0 Å². The Morgan fingerprint density at radius 1 is 1.23 bits per heavy atom. The molecule has 4 heteroatoms. The Morgan fingerprint density at radius 2 is 2.00 bits per heavy atom. The SMILES string of the molecule is C#CCNC(=NCCc1ccc(OCCCC)cc1)NCC. The van der Waals surface area contributed by atoms with E-state index in [2.05, 4.69) is 40.6 Å². The van der Waals surface area contributed by atoms with Gasteiger partial charge in [-0.2, -0.15) is 0 Å². The Bertz CT molecular complexity index is 474. The number of terminal acetylenes is 1. The Balaban J connectivity index is 2.41. The monoisotopic (exact) mass is 301 g/mol. The smallest absolute Gasteiger partial charge is 0.192 e. The molecule has 120 valence electrons. The minimum atomic E-state index is 0.482. The van der Waals surface area contributed by atoms with Crippen LogP contribution in [0.1, 0.15) is 32.3 Å². The van der Waals surface area contributed by atoms with E-state index in [0.717, 1.165) is 50.7 Å². The molecular weight excluding hydrogens is 274 g/mol. The number of hydrogen-bond donors (Lipinski definition) is 2. The van der Waals surface area contributed by atoms with Crippen LogP contribution in [0, 0.1) is 12.3 Å². The summed E-state index contributed by atoms with van der Waals surface area (Å²) in [4.78, 5) is 4.50. The van der Waals surface area contributed by atoms with Crippen molar-refractivity contribution in [2.75, 3.05) is 26.2 Å². The second-order valence-corrected chi connectivity index (χ2v) is 4.91. The number of ether oxygens (including phenoxy) is 1. The maximum absolute atomic E-state index is 5.65. The van der Waals surface area contributed by atoms with Gasteiger partial charge in [0, 0.05) is 13.1 Å². The highest BCUT2D eigenvalue weighted by Gasteiger charge is 1.98. The summed E-state index contributed by atoms with van der Waals surface area (Å²) in [6.07, 6.45) is 8.38. The molecule has 22 heavy (non-hydrogen) atoms. The molecular formula is C18H27N3O. The first-order valence-corrected chi connectivity index (χ1v) is 7.97. The van der Waals surface area contributed by atoms with Gasteiger partial charge in [0.1, 0.15) is 5.75 Å². The molecule has 2 N–H and O–H groups in total. The molecule has 0 amide bonds. The lowest BCUT2D eigenvalue weighted by Crippen LogP contribution is -2.37. The van der Waals surface area contributed by atoms with E-state index in [0.29, 0.717) is 6.54 Å². The first-order chi connectivity index (χ1) is 10.8. The molecule has 0 unspecified atom stereocenters. The van der Waals surface area contributed by atoms with Crippen molar-refractivity contribution in [1.29, 1.82) is 0 Å². The molecule has 0 atom stereocenters. The third-order valence-corrected chi connectivity index (χ3v) is 3.06. The number of nitrogens with one attached hydrogen (secondary N) is 2. The second-order valence-electron chi connectivity index (χ2n) is 4.91. The lowest BCUT2D eigenvalue weighted by molar-refractivity contribution is 0.309. The molecule has 0 aliphatic heterocycles. The Kier molecular flexibility index (Phi) is 9.36. The number of nitrogens with zero attached hydrogens (tertiary/aromatic N) is 1. The highest BCUT2D eigenvalue weighted by Crippen LogP contribution is 2.13. The fourth-order valence-electron chi connectivity index (χ4n) is 1.86. The molecule has 0 saturated carbocycles. The van der Waals surface area contributed by atoms with Gasteiger partial charge in [-0.25, -0.2) is 0 Å². The van der Waals surface area contributed by atoms with Crippen LogP contribution in [0.4, 0.5) is 0 Å². The number of guanidine groups is 1. The minimum absolute atomic E-state index is 0.482. The average Bonchev–Trinajstić information content (AvgIpc) is 2.54. The first-order valence-electron chi connectivity index (χ1n) is 7.97. The molecule has 0 heterocycles. The van der Waals surface area contributed by atoms with E-state index in [9.17, 15) is 0 Å². The summed E-state index contributed by atoms with van der Waals surface area (Å²) < 4.78 is 5.65. The van der Waals surface area contributed by atoms with E-state index < -0.39 is 0 Å². The van der Waals surface area contributed by atoms with Crippen molar-refractivity contribution < 1.29 is 4.74 Å². The van der Waals surface area contributed by atoms with Gasteiger partial charge in [0.2, 0.25) is 0 Å². The van der Waals surface area contributed by atoms with Gasteiger partial charge in [-0.3, -0.25) is 4.99 Å². The Labute approximate surface area is 134 Å². The fraction of sp³-hybridized carbons (Fsp3) is 0.500. The summed E-state index contributed by atoms with van der Waals surface area (Å²) in [5, 5.41) is 6.24. The van der Waals surface area contributed by atoms with E-state index in [1.165, 1.54) is 5.56 Å². The van der Waals surface area contributed by atoms with E-state index >= 15 is 0 Å². The van der Waals surface area contributed by atoms with Crippen LogP contribution >= 0.6 is 0 Å². The summed E-state index contributed by atoms with van der Waals surface area (Å²) in [5.74, 6) is 4.24. The molecule has 0 fully saturated rings. The molecule has 0 aliphatic carbocycles. The third kappa shape index (κ3) is 7.58. The van der Waals surface area contributed by atoms with E-state index in [1.807, 2.05) is 19.1 Å². The van der Waals surface area contributed by atoms with Crippen LogP contribution < -0.4 is 15.4 Å². The van der Waals surface area contributed by atoms with Crippen LogP contribution in [-0.4, -0.2) is 32.2 Å². The van der Waals surface area contributed by atoms with Crippen molar-refractivity contribution >= 4 is 5.96 Å². The average molecular weight is 301 g/mol. The lowest BCUT2D eigenvalue weighted by atomic mass is 10.1. The predicted octanol–water partition coefficient (Wildman–Crippen LogP) is 2.60. The fourth-order valence-corrected chi connectivity index (χ4v) is 1.86.